The molecule has 7 heteroatoms. The maximum Gasteiger partial charge on any atom is 0.237 e. The van der Waals surface area contributed by atoms with Gasteiger partial charge in [-0.15, -0.1) is 11.3 Å². The Morgan fingerprint density at radius 2 is 2.39 bits per heavy atom. The molecule has 1 aromatic rings. The van der Waals surface area contributed by atoms with Crippen molar-refractivity contribution in [2.45, 2.75) is 26.8 Å². The van der Waals surface area contributed by atoms with E-state index < -0.39 is 10.0 Å². The van der Waals surface area contributed by atoms with Crippen molar-refractivity contribution in [1.29, 1.82) is 0 Å². The van der Waals surface area contributed by atoms with Crippen molar-refractivity contribution >= 4 is 26.5 Å². The van der Waals surface area contributed by atoms with Crippen molar-refractivity contribution < 1.29 is 8.42 Å². The summed E-state index contributed by atoms with van der Waals surface area (Å²) in [5.74, 6) is 0.401. The van der Waals surface area contributed by atoms with Gasteiger partial charge in [0.05, 0.1) is 11.4 Å². The van der Waals surface area contributed by atoms with E-state index in [9.17, 15) is 8.42 Å². The maximum absolute atomic E-state index is 12.0. The van der Waals surface area contributed by atoms with E-state index in [0.717, 1.165) is 12.2 Å². The van der Waals surface area contributed by atoms with E-state index in [1.807, 2.05) is 26.2 Å². The Balaban J connectivity index is 2.20. The SMILES string of the molecule is CCNC(C)c1csc(N2CC(C)CS2(=O)=O)n1. The van der Waals surface area contributed by atoms with E-state index in [1.165, 1.54) is 15.6 Å². The van der Waals surface area contributed by atoms with Gasteiger partial charge in [-0.3, -0.25) is 0 Å². The average Bonchev–Trinajstić information content (AvgIpc) is 2.82. The van der Waals surface area contributed by atoms with Crippen molar-refractivity contribution in [3.8, 4) is 0 Å². The fraction of sp³-hybridized carbons (Fsp3) is 0.727. The lowest BCUT2D eigenvalue weighted by molar-refractivity contribution is 0.585. The molecule has 0 spiro atoms. The van der Waals surface area contributed by atoms with Gasteiger partial charge in [0.1, 0.15) is 0 Å². The number of hydrogen-bond acceptors (Lipinski definition) is 5. The third-order valence-electron chi connectivity index (χ3n) is 2.99. The molecule has 2 atom stereocenters. The van der Waals surface area contributed by atoms with E-state index in [0.29, 0.717) is 11.7 Å². The molecule has 0 radical (unpaired) electrons. The topological polar surface area (TPSA) is 62.3 Å². The first kappa shape index (κ1) is 13.8. The Morgan fingerprint density at radius 3 is 2.94 bits per heavy atom. The van der Waals surface area contributed by atoms with Crippen molar-refractivity contribution in [1.82, 2.24) is 10.3 Å². The number of hydrogen-bond donors (Lipinski definition) is 1. The van der Waals surface area contributed by atoms with Gasteiger partial charge in [-0.2, -0.15) is 0 Å². The van der Waals surface area contributed by atoms with Gasteiger partial charge in [0.15, 0.2) is 5.13 Å². The van der Waals surface area contributed by atoms with Gasteiger partial charge < -0.3 is 5.32 Å². The van der Waals surface area contributed by atoms with Crippen LogP contribution in [0.25, 0.3) is 0 Å². The van der Waals surface area contributed by atoms with Crippen molar-refractivity contribution in [3.63, 3.8) is 0 Å². The van der Waals surface area contributed by atoms with Crippen LogP contribution in [0.4, 0.5) is 5.13 Å². The van der Waals surface area contributed by atoms with Gasteiger partial charge in [0.2, 0.25) is 10.0 Å². The lowest BCUT2D eigenvalue weighted by Crippen LogP contribution is -2.25. The first-order valence-corrected chi connectivity index (χ1v) is 8.62. The van der Waals surface area contributed by atoms with Crippen LogP contribution in [-0.4, -0.2) is 32.2 Å². The van der Waals surface area contributed by atoms with Crippen molar-refractivity contribution in [3.05, 3.63) is 11.1 Å². The summed E-state index contributed by atoms with van der Waals surface area (Å²) in [7, 11) is -3.15. The quantitative estimate of drug-likeness (QED) is 0.914. The van der Waals surface area contributed by atoms with E-state index in [4.69, 9.17) is 0 Å². The molecule has 18 heavy (non-hydrogen) atoms. The number of nitrogens with zero attached hydrogens (tertiary/aromatic N) is 2. The maximum atomic E-state index is 12.0. The fourth-order valence-corrected chi connectivity index (χ4v) is 5.16. The molecule has 102 valence electrons. The summed E-state index contributed by atoms with van der Waals surface area (Å²) in [4.78, 5) is 4.44. The summed E-state index contributed by atoms with van der Waals surface area (Å²) in [5, 5.41) is 5.80. The third-order valence-corrected chi connectivity index (χ3v) is 5.97. The molecule has 1 aromatic heterocycles. The summed E-state index contributed by atoms with van der Waals surface area (Å²) in [6.07, 6.45) is 0. The summed E-state index contributed by atoms with van der Waals surface area (Å²) in [5.41, 5.74) is 0.909. The Bertz CT molecular complexity index is 512. The highest BCUT2D eigenvalue weighted by Gasteiger charge is 2.35. The molecule has 0 bridgehead atoms. The minimum Gasteiger partial charge on any atom is -0.309 e. The van der Waals surface area contributed by atoms with Crippen LogP contribution >= 0.6 is 11.3 Å². The van der Waals surface area contributed by atoms with Gasteiger partial charge >= 0.3 is 0 Å². The summed E-state index contributed by atoms with van der Waals surface area (Å²) in [6, 6.07) is 0.155. The molecule has 1 saturated heterocycles. The van der Waals surface area contributed by atoms with Crippen LogP contribution < -0.4 is 9.62 Å². The standard InChI is InChI=1S/C11H19N3O2S2/c1-4-12-9(3)10-6-17-11(13-10)14-5-8(2)7-18(14,15)16/h6,8-9,12H,4-5,7H2,1-3H3. The second-order valence-corrected chi connectivity index (χ2v) is 7.52. The minimum atomic E-state index is -3.15. The number of anilines is 1. The lowest BCUT2D eigenvalue weighted by Gasteiger charge is -2.13. The van der Waals surface area contributed by atoms with E-state index >= 15 is 0 Å². The number of sulfonamides is 1. The van der Waals surface area contributed by atoms with Gasteiger partial charge in [0.25, 0.3) is 0 Å². The summed E-state index contributed by atoms with van der Waals surface area (Å²) < 4.78 is 25.4. The smallest absolute Gasteiger partial charge is 0.237 e. The van der Waals surface area contributed by atoms with Gasteiger partial charge in [-0.1, -0.05) is 13.8 Å². The Hall–Kier alpha value is -0.660. The number of nitrogens with one attached hydrogen (secondary N) is 1. The fourth-order valence-electron chi connectivity index (χ4n) is 2.10. The predicted molar refractivity (Wildman–Crippen MR) is 74.5 cm³/mol. The van der Waals surface area contributed by atoms with E-state index in [2.05, 4.69) is 10.3 Å². The highest BCUT2D eigenvalue weighted by molar-refractivity contribution is 7.93. The van der Waals surface area contributed by atoms with Crippen LogP contribution in [0.15, 0.2) is 5.38 Å². The number of rotatable bonds is 4. The van der Waals surface area contributed by atoms with Crippen molar-refractivity contribution in [2.24, 2.45) is 5.92 Å². The summed E-state index contributed by atoms with van der Waals surface area (Å²) in [6.45, 7) is 7.44. The average molecular weight is 289 g/mol. The van der Waals surface area contributed by atoms with Gasteiger partial charge in [0, 0.05) is 18.0 Å². The molecule has 1 N–H and O–H groups in total. The van der Waals surface area contributed by atoms with Crippen LogP contribution in [0.2, 0.25) is 0 Å². The van der Waals surface area contributed by atoms with Crippen LogP contribution in [0.1, 0.15) is 32.5 Å². The van der Waals surface area contributed by atoms with Crippen LogP contribution in [0, 0.1) is 5.92 Å². The molecular formula is C11H19N3O2S2. The number of thiazole rings is 1. The second-order valence-electron chi connectivity index (χ2n) is 4.75. The monoisotopic (exact) mass is 289 g/mol. The lowest BCUT2D eigenvalue weighted by atomic mass is 10.2. The zero-order valence-electron chi connectivity index (χ0n) is 10.9. The molecule has 2 unspecified atom stereocenters. The molecular weight excluding hydrogens is 270 g/mol. The molecule has 1 aliphatic rings. The largest absolute Gasteiger partial charge is 0.309 e. The molecule has 0 aliphatic carbocycles. The molecule has 1 fully saturated rings. The van der Waals surface area contributed by atoms with Crippen LogP contribution in [0.3, 0.4) is 0 Å². The molecule has 5 nitrogen and oxygen atoms in total. The molecule has 0 aromatic carbocycles. The minimum absolute atomic E-state index is 0.155. The highest BCUT2D eigenvalue weighted by Crippen LogP contribution is 2.31. The Labute approximate surface area is 112 Å². The first-order valence-electron chi connectivity index (χ1n) is 6.13. The van der Waals surface area contributed by atoms with E-state index in [-0.39, 0.29) is 17.7 Å². The zero-order valence-corrected chi connectivity index (χ0v) is 12.5. The Morgan fingerprint density at radius 1 is 1.67 bits per heavy atom. The molecule has 0 amide bonds. The molecule has 1 aliphatic heterocycles. The third kappa shape index (κ3) is 2.67. The van der Waals surface area contributed by atoms with Crippen molar-refractivity contribution in [2.75, 3.05) is 23.1 Å². The number of aromatic nitrogens is 1. The zero-order chi connectivity index (χ0) is 13.3. The Kier molecular flexibility index (Phi) is 3.93. The highest BCUT2D eigenvalue weighted by atomic mass is 32.2. The van der Waals surface area contributed by atoms with Crippen LogP contribution in [-0.2, 0) is 10.0 Å². The van der Waals surface area contributed by atoms with Gasteiger partial charge in [-0.25, -0.2) is 17.7 Å². The molecule has 0 saturated carbocycles. The van der Waals surface area contributed by atoms with E-state index in [1.54, 1.807) is 0 Å². The summed E-state index contributed by atoms with van der Waals surface area (Å²) >= 11 is 1.40. The molecule has 2 rings (SSSR count). The molecule has 2 heterocycles. The van der Waals surface area contributed by atoms with Crippen LogP contribution in [0.5, 0.6) is 0 Å². The normalized spacial score (nSPS) is 24.4. The predicted octanol–water partition coefficient (Wildman–Crippen LogP) is 1.60. The first-order chi connectivity index (χ1) is 8.44. The second kappa shape index (κ2) is 5.14. The van der Waals surface area contributed by atoms with Gasteiger partial charge in [-0.05, 0) is 19.4 Å².